The molecule has 1 aliphatic rings. The summed E-state index contributed by atoms with van der Waals surface area (Å²) >= 11 is 5.71. The van der Waals surface area contributed by atoms with Gasteiger partial charge < -0.3 is 0 Å². The van der Waals surface area contributed by atoms with Gasteiger partial charge in [0.2, 0.25) is 0 Å². The van der Waals surface area contributed by atoms with Gasteiger partial charge in [0, 0.05) is 11.8 Å². The van der Waals surface area contributed by atoms with E-state index in [1.54, 1.807) is 12.1 Å². The number of aliphatic imine (C=N–C) groups is 1. The van der Waals surface area contributed by atoms with Crippen molar-refractivity contribution in [2.24, 2.45) is 4.99 Å². The summed E-state index contributed by atoms with van der Waals surface area (Å²) in [7, 11) is 0. The first-order chi connectivity index (χ1) is 6.72. The van der Waals surface area contributed by atoms with Gasteiger partial charge in [-0.25, -0.2) is 0 Å². The number of hydrogen-bond acceptors (Lipinski definition) is 3. The number of fused-ring (bicyclic) bond motifs is 1. The highest BCUT2D eigenvalue weighted by atomic mass is 35.5. The van der Waals surface area contributed by atoms with Gasteiger partial charge in [-0.1, -0.05) is 0 Å². The number of rotatable bonds is 0. The molecule has 0 spiro atoms. The number of hydrogen-bond donors (Lipinski definition) is 0. The summed E-state index contributed by atoms with van der Waals surface area (Å²) in [5.74, 6) is -0.200. The molecule has 1 aromatic carbocycles. The Bertz CT molecular complexity index is 474. The molecule has 4 heteroatoms. The first-order valence-corrected chi connectivity index (χ1v) is 4.42. The Balaban J connectivity index is 2.60. The lowest BCUT2D eigenvalue weighted by molar-refractivity contribution is 0.100. The molecule has 0 fully saturated rings. The molecular weight excluding hydrogens is 200 g/mol. The van der Waals surface area contributed by atoms with Crippen LogP contribution in [0.5, 0.6) is 0 Å². The van der Waals surface area contributed by atoms with E-state index in [2.05, 4.69) is 4.99 Å². The van der Waals surface area contributed by atoms with E-state index in [0.29, 0.717) is 16.8 Å². The van der Waals surface area contributed by atoms with E-state index in [1.807, 2.05) is 6.07 Å². The predicted molar refractivity (Wildman–Crippen MR) is 53.3 cm³/mol. The van der Waals surface area contributed by atoms with Gasteiger partial charge in [0.25, 0.3) is 0 Å². The van der Waals surface area contributed by atoms with Crippen LogP contribution in [0.2, 0.25) is 0 Å². The van der Waals surface area contributed by atoms with E-state index >= 15 is 0 Å². The molecular formula is C10H5ClN2O. The second-order valence-electron chi connectivity index (χ2n) is 2.89. The van der Waals surface area contributed by atoms with Crippen LogP contribution in [0.3, 0.4) is 0 Å². The molecule has 0 bridgehead atoms. The quantitative estimate of drug-likeness (QED) is 0.608. The Labute approximate surface area is 85.6 Å². The third-order valence-electron chi connectivity index (χ3n) is 1.99. The summed E-state index contributed by atoms with van der Waals surface area (Å²) in [4.78, 5) is 15.6. The summed E-state index contributed by atoms with van der Waals surface area (Å²) in [6.45, 7) is 0. The van der Waals surface area contributed by atoms with E-state index < -0.39 is 5.38 Å². The number of Topliss-reactive ketones (excluding diaryl/α,β-unsaturated/α-hetero) is 1. The van der Waals surface area contributed by atoms with Gasteiger partial charge in [0.1, 0.15) is 5.38 Å². The molecule has 0 aliphatic carbocycles. The third kappa shape index (κ3) is 1.30. The van der Waals surface area contributed by atoms with Crippen molar-refractivity contribution in [2.75, 3.05) is 0 Å². The molecule has 68 valence electrons. The maximum absolute atomic E-state index is 11.6. The maximum Gasteiger partial charge on any atom is 0.188 e. The van der Waals surface area contributed by atoms with Gasteiger partial charge >= 0.3 is 0 Å². The summed E-state index contributed by atoms with van der Waals surface area (Å²) in [5.41, 5.74) is 1.44. The van der Waals surface area contributed by atoms with Crippen LogP contribution in [-0.4, -0.2) is 17.4 Å². The molecule has 0 radical (unpaired) electrons. The zero-order valence-corrected chi connectivity index (χ0v) is 7.82. The highest BCUT2D eigenvalue weighted by molar-refractivity contribution is 6.43. The number of nitriles is 1. The van der Waals surface area contributed by atoms with Crippen molar-refractivity contribution in [3.8, 4) is 6.07 Å². The second-order valence-corrected chi connectivity index (χ2v) is 3.36. The molecule has 0 N–H and O–H groups in total. The molecule has 0 aromatic heterocycles. The van der Waals surface area contributed by atoms with Crippen molar-refractivity contribution in [1.82, 2.24) is 0 Å². The predicted octanol–water partition coefficient (Wildman–Crippen LogP) is 2.06. The van der Waals surface area contributed by atoms with Crippen molar-refractivity contribution in [1.29, 1.82) is 5.26 Å². The monoisotopic (exact) mass is 204 g/mol. The minimum Gasteiger partial charge on any atom is -0.292 e. The van der Waals surface area contributed by atoms with Crippen LogP contribution in [0.15, 0.2) is 23.2 Å². The van der Waals surface area contributed by atoms with Crippen LogP contribution in [0, 0.1) is 11.3 Å². The Morgan fingerprint density at radius 2 is 2.29 bits per heavy atom. The third-order valence-corrected chi connectivity index (χ3v) is 2.30. The van der Waals surface area contributed by atoms with Gasteiger partial charge in [0.15, 0.2) is 5.78 Å². The van der Waals surface area contributed by atoms with Crippen molar-refractivity contribution >= 4 is 29.3 Å². The van der Waals surface area contributed by atoms with Gasteiger partial charge in [-0.2, -0.15) is 5.26 Å². The number of halogens is 1. The summed E-state index contributed by atoms with van der Waals surface area (Å²) in [6, 6.07) is 6.75. The van der Waals surface area contributed by atoms with E-state index in [9.17, 15) is 4.79 Å². The highest BCUT2D eigenvalue weighted by Crippen LogP contribution is 2.26. The van der Waals surface area contributed by atoms with E-state index in [0.717, 1.165) is 0 Å². The van der Waals surface area contributed by atoms with Crippen LogP contribution in [0.4, 0.5) is 5.69 Å². The summed E-state index contributed by atoms with van der Waals surface area (Å²) in [6.07, 6.45) is 1.40. The number of nitrogens with zero attached hydrogens (tertiary/aromatic N) is 2. The number of alkyl halides is 1. The summed E-state index contributed by atoms with van der Waals surface area (Å²) < 4.78 is 0. The summed E-state index contributed by atoms with van der Waals surface area (Å²) in [5, 5.41) is 7.95. The fourth-order valence-corrected chi connectivity index (χ4v) is 1.45. The minimum absolute atomic E-state index is 0.200. The molecule has 2 rings (SSSR count). The van der Waals surface area contributed by atoms with Crippen molar-refractivity contribution < 1.29 is 4.79 Å². The second kappa shape index (κ2) is 3.24. The number of carbonyl (C=O) groups is 1. The molecule has 1 heterocycles. The lowest BCUT2D eigenvalue weighted by Crippen LogP contribution is -2.19. The molecule has 1 aliphatic heterocycles. The minimum atomic E-state index is -0.712. The maximum atomic E-state index is 11.6. The van der Waals surface area contributed by atoms with Gasteiger partial charge in [-0.05, 0) is 18.2 Å². The molecule has 0 saturated heterocycles. The lowest BCUT2D eigenvalue weighted by Gasteiger charge is -2.11. The smallest absolute Gasteiger partial charge is 0.188 e. The topological polar surface area (TPSA) is 53.2 Å². The molecule has 3 nitrogen and oxygen atoms in total. The molecule has 0 unspecified atom stereocenters. The largest absolute Gasteiger partial charge is 0.292 e. The molecule has 0 amide bonds. The number of carbonyl (C=O) groups excluding carboxylic acids is 1. The fraction of sp³-hybridized carbons (Fsp3) is 0.100. The molecule has 14 heavy (non-hydrogen) atoms. The van der Waals surface area contributed by atoms with E-state index in [1.165, 1.54) is 12.3 Å². The Hall–Kier alpha value is -1.66. The zero-order valence-electron chi connectivity index (χ0n) is 7.07. The first kappa shape index (κ1) is 8.92. The Morgan fingerprint density at radius 1 is 1.50 bits per heavy atom. The fourth-order valence-electron chi connectivity index (χ4n) is 1.28. The lowest BCUT2D eigenvalue weighted by atomic mass is 10.0. The van der Waals surface area contributed by atoms with Crippen LogP contribution < -0.4 is 0 Å². The average Bonchev–Trinajstić information content (AvgIpc) is 2.23. The van der Waals surface area contributed by atoms with Crippen molar-refractivity contribution in [3.05, 3.63) is 29.3 Å². The van der Waals surface area contributed by atoms with E-state index in [4.69, 9.17) is 16.9 Å². The van der Waals surface area contributed by atoms with Crippen LogP contribution in [0.1, 0.15) is 15.9 Å². The van der Waals surface area contributed by atoms with Crippen LogP contribution >= 0.6 is 11.6 Å². The SMILES string of the molecule is N#Cc1ccc2c(c1)C(=O)[C@H](Cl)C=N2. The standard InChI is InChI=1S/C10H5ClN2O/c11-8-5-13-9-2-1-6(4-12)3-7(9)10(8)14/h1-3,5,8H/t8-/m1/s1. The molecule has 1 aromatic rings. The van der Waals surface area contributed by atoms with Crippen LogP contribution in [-0.2, 0) is 0 Å². The number of benzene rings is 1. The van der Waals surface area contributed by atoms with Gasteiger partial charge in [-0.15, -0.1) is 11.6 Å². The van der Waals surface area contributed by atoms with E-state index in [-0.39, 0.29) is 5.78 Å². The molecule has 0 saturated carbocycles. The van der Waals surface area contributed by atoms with Crippen molar-refractivity contribution in [3.63, 3.8) is 0 Å². The van der Waals surface area contributed by atoms with Gasteiger partial charge in [-0.3, -0.25) is 9.79 Å². The average molecular weight is 205 g/mol. The normalized spacial score (nSPS) is 18.9. The van der Waals surface area contributed by atoms with Crippen LogP contribution in [0.25, 0.3) is 0 Å². The zero-order chi connectivity index (χ0) is 10.1. The number of ketones is 1. The first-order valence-electron chi connectivity index (χ1n) is 3.99. The van der Waals surface area contributed by atoms with Crippen molar-refractivity contribution in [2.45, 2.75) is 5.38 Å². The Morgan fingerprint density at radius 3 is 3.00 bits per heavy atom. The van der Waals surface area contributed by atoms with Gasteiger partial charge in [0.05, 0.1) is 17.3 Å². The molecule has 1 atom stereocenters. The Kier molecular flexibility index (Phi) is 2.06. The highest BCUT2D eigenvalue weighted by Gasteiger charge is 2.22.